The summed E-state index contributed by atoms with van der Waals surface area (Å²) >= 11 is 6.04. The van der Waals surface area contributed by atoms with E-state index in [2.05, 4.69) is 5.32 Å². The first-order valence-corrected chi connectivity index (χ1v) is 11.3. The zero-order valence-corrected chi connectivity index (χ0v) is 16.2. The fourth-order valence-corrected chi connectivity index (χ4v) is 5.68. The minimum Gasteiger partial charge on any atom is -0.478 e. The predicted octanol–water partition coefficient (Wildman–Crippen LogP) is 2.56. The second kappa shape index (κ2) is 6.60. The first-order valence-electron chi connectivity index (χ1n) is 9.05. The summed E-state index contributed by atoms with van der Waals surface area (Å²) in [5.74, 6) is 1.53. The van der Waals surface area contributed by atoms with Crippen molar-refractivity contribution in [2.75, 3.05) is 17.1 Å². The lowest BCUT2D eigenvalue weighted by molar-refractivity contribution is -0.129. The number of amides is 1. The number of ether oxygens (including phenoxy) is 1. The number of hydrogen-bond acceptors (Lipinski definition) is 4. The molecule has 8 heteroatoms. The molecule has 1 N–H and O–H groups in total. The van der Waals surface area contributed by atoms with Crippen molar-refractivity contribution in [1.82, 2.24) is 5.32 Å². The van der Waals surface area contributed by atoms with Gasteiger partial charge in [-0.1, -0.05) is 18.0 Å². The molecule has 1 aromatic carbocycles. The lowest BCUT2D eigenvalue weighted by Gasteiger charge is -2.25. The van der Waals surface area contributed by atoms with Crippen LogP contribution in [0.4, 0.5) is 5.69 Å². The van der Waals surface area contributed by atoms with E-state index in [-0.39, 0.29) is 18.5 Å². The molecule has 1 aliphatic heterocycles. The fourth-order valence-electron chi connectivity index (χ4n) is 4.58. The lowest BCUT2D eigenvalue weighted by Crippen LogP contribution is -2.46. The maximum atomic E-state index is 12.8. The van der Waals surface area contributed by atoms with E-state index >= 15 is 0 Å². The zero-order valence-electron chi connectivity index (χ0n) is 14.7. The summed E-state index contributed by atoms with van der Waals surface area (Å²) in [7, 11) is -3.49. The third kappa shape index (κ3) is 3.39. The molecule has 26 heavy (non-hydrogen) atoms. The highest BCUT2D eigenvalue weighted by molar-refractivity contribution is 7.92. The molecule has 2 fully saturated rings. The van der Waals surface area contributed by atoms with Crippen molar-refractivity contribution in [3.05, 3.63) is 23.2 Å². The molecule has 0 spiro atoms. The fraction of sp³-hybridized carbons (Fsp3) is 0.611. The Morgan fingerprint density at radius 2 is 2.08 bits per heavy atom. The van der Waals surface area contributed by atoms with E-state index in [1.807, 2.05) is 0 Å². The Morgan fingerprint density at radius 1 is 1.27 bits per heavy atom. The molecule has 0 saturated heterocycles. The molecule has 3 aliphatic rings. The van der Waals surface area contributed by atoms with Gasteiger partial charge in [0.25, 0.3) is 5.91 Å². The van der Waals surface area contributed by atoms with Crippen LogP contribution >= 0.6 is 11.6 Å². The molecule has 1 aromatic rings. The number of halogens is 1. The lowest BCUT2D eigenvalue weighted by atomic mass is 9.95. The van der Waals surface area contributed by atoms with Crippen LogP contribution in [-0.4, -0.2) is 39.3 Å². The minimum absolute atomic E-state index is 0.154. The summed E-state index contributed by atoms with van der Waals surface area (Å²) in [5.41, 5.74) is 0.384. The second-order valence-corrected chi connectivity index (χ2v) is 9.98. The molecule has 0 aromatic heterocycles. The topological polar surface area (TPSA) is 75.7 Å². The van der Waals surface area contributed by atoms with Crippen LogP contribution in [0.3, 0.4) is 0 Å². The number of nitrogens with one attached hydrogen (secondary N) is 1. The monoisotopic (exact) mass is 398 g/mol. The van der Waals surface area contributed by atoms with Gasteiger partial charge in [0, 0.05) is 24.0 Å². The van der Waals surface area contributed by atoms with Crippen LogP contribution in [0.25, 0.3) is 0 Å². The van der Waals surface area contributed by atoms with Crippen molar-refractivity contribution < 1.29 is 17.9 Å². The van der Waals surface area contributed by atoms with Gasteiger partial charge in [0.05, 0.1) is 11.9 Å². The summed E-state index contributed by atoms with van der Waals surface area (Å²) in [6, 6.07) is 5.05. The molecular weight excluding hydrogens is 376 g/mol. The largest absolute Gasteiger partial charge is 0.478 e. The first kappa shape index (κ1) is 17.9. The number of anilines is 1. The predicted molar refractivity (Wildman–Crippen MR) is 100 cm³/mol. The quantitative estimate of drug-likeness (QED) is 0.849. The van der Waals surface area contributed by atoms with Gasteiger partial charge >= 0.3 is 0 Å². The number of rotatable bonds is 3. The highest BCUT2D eigenvalue weighted by atomic mass is 35.5. The van der Waals surface area contributed by atoms with E-state index in [4.69, 9.17) is 16.3 Å². The van der Waals surface area contributed by atoms with Gasteiger partial charge in [-0.2, -0.15) is 0 Å². The molecule has 6 nitrogen and oxygen atoms in total. The number of hydrogen-bond donors (Lipinski definition) is 1. The zero-order chi connectivity index (χ0) is 18.5. The summed E-state index contributed by atoms with van der Waals surface area (Å²) in [4.78, 5) is 12.8. The Hall–Kier alpha value is -1.47. The number of carbonyl (C=O) groups excluding carboxylic acids is 1. The maximum absolute atomic E-state index is 12.8. The van der Waals surface area contributed by atoms with Gasteiger partial charge in [0.15, 0.2) is 6.10 Å². The molecule has 142 valence electrons. The van der Waals surface area contributed by atoms with Crippen LogP contribution in [0.1, 0.15) is 32.1 Å². The molecule has 2 bridgehead atoms. The van der Waals surface area contributed by atoms with Gasteiger partial charge in [0.2, 0.25) is 10.0 Å². The van der Waals surface area contributed by atoms with E-state index in [1.54, 1.807) is 18.2 Å². The second-order valence-electron chi connectivity index (χ2n) is 7.63. The molecule has 1 amide bonds. The van der Waals surface area contributed by atoms with Gasteiger partial charge < -0.3 is 10.1 Å². The van der Waals surface area contributed by atoms with Crippen LogP contribution < -0.4 is 14.4 Å². The smallest absolute Gasteiger partial charge is 0.261 e. The van der Waals surface area contributed by atoms with Crippen molar-refractivity contribution >= 4 is 33.2 Å². The Kier molecular flexibility index (Phi) is 4.55. The highest BCUT2D eigenvalue weighted by Crippen LogP contribution is 2.44. The van der Waals surface area contributed by atoms with Gasteiger partial charge in [-0.15, -0.1) is 0 Å². The third-order valence-electron chi connectivity index (χ3n) is 5.81. The first-order chi connectivity index (χ1) is 12.3. The Bertz CT molecular complexity index is 828. The molecule has 1 heterocycles. The summed E-state index contributed by atoms with van der Waals surface area (Å²) in [6.45, 7) is 0.182. The summed E-state index contributed by atoms with van der Waals surface area (Å²) in [6.07, 6.45) is 5.45. The third-order valence-corrected chi connectivity index (χ3v) is 7.23. The number of nitrogens with zero attached hydrogens (tertiary/aromatic N) is 1. The van der Waals surface area contributed by atoms with Crippen LogP contribution in [0, 0.1) is 11.8 Å². The Morgan fingerprint density at radius 3 is 2.73 bits per heavy atom. The number of carbonyl (C=O) groups is 1. The van der Waals surface area contributed by atoms with Gasteiger partial charge in [0.1, 0.15) is 5.75 Å². The van der Waals surface area contributed by atoms with Crippen molar-refractivity contribution in [2.24, 2.45) is 11.8 Å². The SMILES string of the molecule is CS(=O)(=O)N1CC[C@H](C(=O)N[C@@H]2C[C@H]3CC[C@H]2C3)Oc2ccc(Cl)cc21. The molecule has 4 rings (SSSR count). The van der Waals surface area contributed by atoms with Crippen molar-refractivity contribution in [3.8, 4) is 5.75 Å². The van der Waals surface area contributed by atoms with Crippen molar-refractivity contribution in [1.29, 1.82) is 0 Å². The minimum atomic E-state index is -3.49. The van der Waals surface area contributed by atoms with E-state index in [0.29, 0.717) is 28.8 Å². The highest BCUT2D eigenvalue weighted by Gasteiger charge is 2.41. The van der Waals surface area contributed by atoms with E-state index in [0.717, 1.165) is 18.6 Å². The number of sulfonamides is 1. The molecular formula is C18H23ClN2O4S. The van der Waals surface area contributed by atoms with E-state index in [9.17, 15) is 13.2 Å². The average Bonchev–Trinajstić information content (AvgIpc) is 3.11. The van der Waals surface area contributed by atoms with Crippen LogP contribution in [0.15, 0.2) is 18.2 Å². The molecule has 0 unspecified atom stereocenters. The Balaban J connectivity index is 1.54. The normalized spacial score (nSPS) is 30.5. The standard InChI is InChI=1S/C18H23ClN2O4S/c1-26(23,24)21-7-6-17(25-16-5-4-13(19)10-15(16)21)18(22)20-14-9-11-2-3-12(14)8-11/h4-5,10-12,14,17H,2-3,6-9H2,1H3,(H,20,22)/t11-,12-,14+,17+/m0/s1. The summed E-state index contributed by atoms with van der Waals surface area (Å²) in [5, 5.41) is 3.57. The van der Waals surface area contributed by atoms with E-state index < -0.39 is 16.1 Å². The van der Waals surface area contributed by atoms with Gasteiger partial charge in [-0.05, 0) is 49.3 Å². The van der Waals surface area contributed by atoms with Gasteiger partial charge in [-0.25, -0.2) is 8.42 Å². The maximum Gasteiger partial charge on any atom is 0.261 e. The molecule has 2 aliphatic carbocycles. The van der Waals surface area contributed by atoms with Gasteiger partial charge in [-0.3, -0.25) is 9.10 Å². The molecule has 2 saturated carbocycles. The van der Waals surface area contributed by atoms with E-state index in [1.165, 1.54) is 23.6 Å². The average molecular weight is 399 g/mol. The van der Waals surface area contributed by atoms with Crippen molar-refractivity contribution in [3.63, 3.8) is 0 Å². The number of benzene rings is 1. The van der Waals surface area contributed by atoms with Crippen molar-refractivity contribution in [2.45, 2.75) is 44.2 Å². The Labute approximate surface area is 158 Å². The van der Waals surface area contributed by atoms with Crippen LogP contribution in [0.2, 0.25) is 5.02 Å². The number of fused-ring (bicyclic) bond motifs is 3. The van der Waals surface area contributed by atoms with Crippen LogP contribution in [-0.2, 0) is 14.8 Å². The summed E-state index contributed by atoms with van der Waals surface area (Å²) < 4.78 is 31.5. The van der Waals surface area contributed by atoms with Crippen LogP contribution in [0.5, 0.6) is 5.75 Å². The molecule has 4 atom stereocenters. The molecule has 0 radical (unpaired) electrons.